The Kier molecular flexibility index (Phi) is 32.5. The first-order valence-electron chi connectivity index (χ1n) is 22.6. The lowest BCUT2D eigenvalue weighted by Crippen LogP contribution is -2.29. The average molecular weight is 722 g/mol. The lowest BCUT2D eigenvalue weighted by Gasteiger charge is -2.22. The van der Waals surface area contributed by atoms with Gasteiger partial charge in [-0.05, 0) is 88.6 Å². The van der Waals surface area contributed by atoms with Gasteiger partial charge in [-0.3, -0.25) is 9.59 Å². The van der Waals surface area contributed by atoms with Gasteiger partial charge in [0.2, 0.25) is 0 Å². The lowest BCUT2D eigenvalue weighted by molar-refractivity contribution is -0.146. The van der Waals surface area contributed by atoms with Crippen molar-refractivity contribution in [2.75, 3.05) is 39.5 Å². The molecule has 1 rings (SSSR count). The van der Waals surface area contributed by atoms with Gasteiger partial charge in [0.15, 0.2) is 0 Å². The van der Waals surface area contributed by atoms with E-state index in [1.807, 2.05) is 0 Å². The van der Waals surface area contributed by atoms with E-state index in [2.05, 4.69) is 25.7 Å². The molecule has 0 radical (unpaired) electrons. The number of carbonyl (C=O) groups excluding carboxylic acids is 2. The molecule has 0 saturated heterocycles. The number of ether oxygens (including phenoxy) is 2. The van der Waals surface area contributed by atoms with Crippen LogP contribution in [-0.2, 0) is 19.1 Å². The SMILES string of the molecule is CCCCCCCCCOC(=O)CCCCCCCN(CCO)CCCCC1(CCC(=O)OCC(CCCCCCC)CCCCCCC)CC1. The number of nitrogens with zero attached hydrogens (tertiary/aromatic N) is 1. The Bertz CT molecular complexity index is 771. The fraction of sp³-hybridized carbons (Fsp3) is 0.956. The van der Waals surface area contributed by atoms with Crippen LogP contribution in [0.2, 0.25) is 0 Å². The summed E-state index contributed by atoms with van der Waals surface area (Å²) in [5.41, 5.74) is 0.374. The minimum absolute atomic E-state index is 0.0242. The average Bonchev–Trinajstić information content (AvgIpc) is 3.91. The summed E-state index contributed by atoms with van der Waals surface area (Å²) in [7, 11) is 0. The number of aliphatic hydroxyl groups is 1. The summed E-state index contributed by atoms with van der Waals surface area (Å²) in [5.74, 6) is 0.531. The number of hydrogen-bond acceptors (Lipinski definition) is 6. The zero-order valence-corrected chi connectivity index (χ0v) is 34.5. The molecule has 51 heavy (non-hydrogen) atoms. The maximum absolute atomic E-state index is 12.8. The quantitative estimate of drug-likeness (QED) is 0.0501. The Hall–Kier alpha value is -1.14. The minimum Gasteiger partial charge on any atom is -0.466 e. The van der Waals surface area contributed by atoms with E-state index in [0.29, 0.717) is 37.4 Å². The van der Waals surface area contributed by atoms with Crippen LogP contribution in [0.5, 0.6) is 0 Å². The van der Waals surface area contributed by atoms with E-state index in [4.69, 9.17) is 9.47 Å². The van der Waals surface area contributed by atoms with Crippen LogP contribution < -0.4 is 0 Å². The van der Waals surface area contributed by atoms with Gasteiger partial charge in [0.25, 0.3) is 0 Å². The molecule has 0 aromatic rings. The molecule has 0 aliphatic heterocycles. The standard InChI is InChI=1S/C45H87NO5/c1-4-7-10-13-14-20-27-40-50-43(48)30-23-18-15-19-25-36-46(38-39-47)37-26-24-32-45(34-35-45)33-31-44(49)51-41-42(28-21-16-11-8-5-2)29-22-17-12-9-6-3/h42,47H,4-41H2,1-3H3. The highest BCUT2D eigenvalue weighted by Crippen LogP contribution is 2.53. The highest BCUT2D eigenvalue weighted by atomic mass is 16.5. The number of unbranched alkanes of at least 4 members (excludes halogenated alkanes) is 19. The first-order chi connectivity index (χ1) is 25.0. The van der Waals surface area contributed by atoms with Gasteiger partial charge in [-0.1, -0.05) is 149 Å². The molecule has 6 nitrogen and oxygen atoms in total. The number of aliphatic hydroxyl groups excluding tert-OH is 1. The van der Waals surface area contributed by atoms with Crippen LogP contribution in [0.3, 0.4) is 0 Å². The van der Waals surface area contributed by atoms with Gasteiger partial charge >= 0.3 is 11.9 Å². The van der Waals surface area contributed by atoms with E-state index in [1.165, 1.54) is 148 Å². The molecule has 1 aliphatic carbocycles. The molecule has 6 heteroatoms. The van der Waals surface area contributed by atoms with Crippen molar-refractivity contribution in [1.82, 2.24) is 4.90 Å². The second kappa shape index (κ2) is 34.6. The zero-order chi connectivity index (χ0) is 37.1. The minimum atomic E-state index is -0.0289. The normalized spacial score (nSPS) is 13.7. The van der Waals surface area contributed by atoms with Crippen LogP contribution in [0, 0.1) is 11.3 Å². The summed E-state index contributed by atoms with van der Waals surface area (Å²) in [6.45, 7) is 11.0. The molecule has 302 valence electrons. The third-order valence-electron chi connectivity index (χ3n) is 11.4. The molecule has 0 amide bonds. The number of rotatable bonds is 40. The van der Waals surface area contributed by atoms with Gasteiger partial charge in [-0.15, -0.1) is 0 Å². The Morgan fingerprint density at radius 2 is 1.04 bits per heavy atom. The third kappa shape index (κ3) is 29.9. The molecular weight excluding hydrogens is 634 g/mol. The predicted octanol–water partition coefficient (Wildman–Crippen LogP) is 12.5. The Labute approximate surface area is 317 Å². The topological polar surface area (TPSA) is 76.1 Å². The fourth-order valence-corrected chi connectivity index (χ4v) is 7.60. The van der Waals surface area contributed by atoms with E-state index >= 15 is 0 Å². The van der Waals surface area contributed by atoms with Gasteiger partial charge < -0.3 is 19.5 Å². The molecule has 0 heterocycles. The van der Waals surface area contributed by atoms with Gasteiger partial charge in [0.05, 0.1) is 19.8 Å². The van der Waals surface area contributed by atoms with Gasteiger partial charge in [0.1, 0.15) is 0 Å². The second-order valence-corrected chi connectivity index (χ2v) is 16.3. The molecule has 1 fully saturated rings. The maximum atomic E-state index is 12.8. The molecule has 0 unspecified atom stereocenters. The molecule has 0 aromatic heterocycles. The lowest BCUT2D eigenvalue weighted by atomic mass is 9.93. The third-order valence-corrected chi connectivity index (χ3v) is 11.4. The van der Waals surface area contributed by atoms with E-state index in [0.717, 1.165) is 64.6 Å². The van der Waals surface area contributed by atoms with Crippen LogP contribution in [0.25, 0.3) is 0 Å². The smallest absolute Gasteiger partial charge is 0.305 e. The van der Waals surface area contributed by atoms with Crippen molar-refractivity contribution in [2.24, 2.45) is 11.3 Å². The molecule has 1 aliphatic rings. The Morgan fingerprint density at radius 1 is 0.549 bits per heavy atom. The van der Waals surface area contributed by atoms with Crippen molar-refractivity contribution in [3.63, 3.8) is 0 Å². The summed E-state index contributed by atoms with van der Waals surface area (Å²) in [5, 5.41) is 9.61. The van der Waals surface area contributed by atoms with Crippen LogP contribution >= 0.6 is 0 Å². The van der Waals surface area contributed by atoms with Gasteiger partial charge in [-0.2, -0.15) is 0 Å². The summed E-state index contributed by atoms with van der Waals surface area (Å²) in [4.78, 5) is 27.2. The summed E-state index contributed by atoms with van der Waals surface area (Å²) < 4.78 is 11.3. The van der Waals surface area contributed by atoms with Crippen LogP contribution in [0.15, 0.2) is 0 Å². The van der Waals surface area contributed by atoms with Crippen molar-refractivity contribution in [2.45, 2.75) is 226 Å². The Balaban J connectivity index is 2.14. The van der Waals surface area contributed by atoms with Gasteiger partial charge in [0, 0.05) is 19.4 Å². The van der Waals surface area contributed by atoms with E-state index in [-0.39, 0.29) is 18.5 Å². The molecular formula is C45H87NO5. The van der Waals surface area contributed by atoms with Crippen LogP contribution in [0.1, 0.15) is 226 Å². The van der Waals surface area contributed by atoms with Gasteiger partial charge in [-0.25, -0.2) is 0 Å². The molecule has 0 spiro atoms. The van der Waals surface area contributed by atoms with Crippen molar-refractivity contribution in [3.05, 3.63) is 0 Å². The van der Waals surface area contributed by atoms with Crippen molar-refractivity contribution < 1.29 is 24.2 Å². The number of hydrogen-bond donors (Lipinski definition) is 1. The molecule has 0 atom stereocenters. The summed E-state index contributed by atoms with van der Waals surface area (Å²) in [6, 6.07) is 0. The number of esters is 2. The summed E-state index contributed by atoms with van der Waals surface area (Å²) in [6.07, 6.45) is 37.9. The van der Waals surface area contributed by atoms with Crippen LogP contribution in [-0.4, -0.2) is 61.4 Å². The fourth-order valence-electron chi connectivity index (χ4n) is 7.60. The summed E-state index contributed by atoms with van der Waals surface area (Å²) >= 11 is 0. The van der Waals surface area contributed by atoms with Crippen molar-refractivity contribution in [1.29, 1.82) is 0 Å². The van der Waals surface area contributed by atoms with Crippen LogP contribution in [0.4, 0.5) is 0 Å². The zero-order valence-electron chi connectivity index (χ0n) is 34.5. The largest absolute Gasteiger partial charge is 0.466 e. The Morgan fingerprint density at radius 3 is 1.61 bits per heavy atom. The first kappa shape index (κ1) is 47.9. The highest BCUT2D eigenvalue weighted by molar-refractivity contribution is 5.69. The molecule has 1 saturated carbocycles. The molecule has 0 bridgehead atoms. The first-order valence-corrected chi connectivity index (χ1v) is 22.6. The van der Waals surface area contributed by atoms with E-state index < -0.39 is 0 Å². The van der Waals surface area contributed by atoms with Crippen molar-refractivity contribution >= 4 is 11.9 Å². The predicted molar refractivity (Wildman–Crippen MR) is 216 cm³/mol. The molecule has 1 N–H and O–H groups in total. The molecule has 0 aromatic carbocycles. The van der Waals surface area contributed by atoms with E-state index in [1.54, 1.807) is 0 Å². The number of carbonyl (C=O) groups is 2. The van der Waals surface area contributed by atoms with E-state index in [9.17, 15) is 14.7 Å². The maximum Gasteiger partial charge on any atom is 0.305 e. The van der Waals surface area contributed by atoms with Crippen molar-refractivity contribution in [3.8, 4) is 0 Å². The monoisotopic (exact) mass is 722 g/mol. The highest BCUT2D eigenvalue weighted by Gasteiger charge is 2.41. The second-order valence-electron chi connectivity index (χ2n) is 16.3.